The van der Waals surface area contributed by atoms with Crippen molar-refractivity contribution in [2.45, 2.75) is 6.42 Å². The predicted molar refractivity (Wildman–Crippen MR) is 76.3 cm³/mol. The predicted octanol–water partition coefficient (Wildman–Crippen LogP) is 2.46. The van der Waals surface area contributed by atoms with Gasteiger partial charge in [0.05, 0.1) is 0 Å². The van der Waals surface area contributed by atoms with Crippen molar-refractivity contribution in [3.05, 3.63) is 41.1 Å². The zero-order chi connectivity index (χ0) is 13.1. The van der Waals surface area contributed by atoms with E-state index >= 15 is 0 Å². The third-order valence-corrected chi connectivity index (χ3v) is 4.39. The number of hydrogen-bond acceptors (Lipinski definition) is 2. The van der Waals surface area contributed by atoms with Crippen LogP contribution in [0.5, 0.6) is 0 Å². The lowest BCUT2D eigenvalue weighted by Crippen LogP contribution is -2.31. The zero-order valence-electron chi connectivity index (χ0n) is 11.2. The van der Waals surface area contributed by atoms with Crippen LogP contribution < -0.4 is 0 Å². The van der Waals surface area contributed by atoms with Gasteiger partial charge in [-0.15, -0.1) is 0 Å². The third kappa shape index (κ3) is 1.33. The molecule has 1 aromatic carbocycles. The molecule has 0 bridgehead atoms. The number of rotatable bonds is 0. The second-order valence-corrected chi connectivity index (χ2v) is 5.63. The lowest BCUT2D eigenvalue weighted by molar-refractivity contribution is 0.102. The van der Waals surface area contributed by atoms with Crippen molar-refractivity contribution in [3.63, 3.8) is 0 Å². The van der Waals surface area contributed by atoms with Gasteiger partial charge in [-0.25, -0.2) is 0 Å². The van der Waals surface area contributed by atoms with Crippen LogP contribution in [0.1, 0.15) is 22.3 Å². The number of nitrogens with zero attached hydrogens (tertiary/aromatic N) is 2. The first-order chi connectivity index (χ1) is 9.16. The van der Waals surface area contributed by atoms with E-state index < -0.39 is 0 Å². The SMILES string of the molecule is CN1CCC2=C(C1)C(=O)c1cn(C)c3cccc2c13. The van der Waals surface area contributed by atoms with Crippen LogP contribution in [0.3, 0.4) is 0 Å². The summed E-state index contributed by atoms with van der Waals surface area (Å²) in [4.78, 5) is 14.9. The molecule has 1 aromatic heterocycles. The van der Waals surface area contributed by atoms with Gasteiger partial charge in [0.1, 0.15) is 0 Å². The van der Waals surface area contributed by atoms with Gasteiger partial charge < -0.3 is 9.47 Å². The third-order valence-electron chi connectivity index (χ3n) is 4.39. The van der Waals surface area contributed by atoms with Crippen molar-refractivity contribution >= 4 is 22.3 Å². The van der Waals surface area contributed by atoms with E-state index in [1.807, 2.05) is 13.2 Å². The molecule has 3 heteroatoms. The molecule has 2 aromatic rings. The maximum absolute atomic E-state index is 12.7. The first kappa shape index (κ1) is 11.0. The highest BCUT2D eigenvalue weighted by Crippen LogP contribution is 2.40. The Morgan fingerprint density at radius 1 is 1.11 bits per heavy atom. The van der Waals surface area contributed by atoms with Gasteiger partial charge in [0.15, 0.2) is 5.78 Å². The molecule has 0 spiro atoms. The number of hydrogen-bond donors (Lipinski definition) is 0. The minimum Gasteiger partial charge on any atom is -0.350 e. The highest BCUT2D eigenvalue weighted by Gasteiger charge is 2.31. The van der Waals surface area contributed by atoms with Crippen LogP contribution in [0.4, 0.5) is 0 Å². The Balaban J connectivity index is 2.09. The highest BCUT2D eigenvalue weighted by atomic mass is 16.1. The minimum atomic E-state index is 0.228. The normalized spacial score (nSPS) is 19.2. The van der Waals surface area contributed by atoms with E-state index in [-0.39, 0.29) is 5.78 Å². The molecular weight excluding hydrogens is 236 g/mol. The first-order valence-electron chi connectivity index (χ1n) is 6.70. The second-order valence-electron chi connectivity index (χ2n) is 5.63. The molecule has 0 fully saturated rings. The monoisotopic (exact) mass is 252 g/mol. The van der Waals surface area contributed by atoms with Crippen LogP contribution in [0.15, 0.2) is 30.0 Å². The number of likely N-dealkylation sites (N-methyl/N-ethyl adjacent to an activating group) is 1. The smallest absolute Gasteiger partial charge is 0.192 e. The summed E-state index contributed by atoms with van der Waals surface area (Å²) in [6.07, 6.45) is 2.96. The maximum atomic E-state index is 12.7. The van der Waals surface area contributed by atoms with Gasteiger partial charge in [-0.1, -0.05) is 12.1 Å². The van der Waals surface area contributed by atoms with Gasteiger partial charge in [-0.2, -0.15) is 0 Å². The summed E-state index contributed by atoms with van der Waals surface area (Å²) in [5.41, 5.74) is 5.58. The molecule has 96 valence electrons. The van der Waals surface area contributed by atoms with Gasteiger partial charge in [-0.05, 0) is 30.7 Å². The zero-order valence-corrected chi connectivity index (χ0v) is 11.2. The summed E-state index contributed by atoms with van der Waals surface area (Å²) in [7, 11) is 4.09. The fourth-order valence-electron chi connectivity index (χ4n) is 3.44. The van der Waals surface area contributed by atoms with Gasteiger partial charge in [0.2, 0.25) is 0 Å². The Morgan fingerprint density at radius 3 is 2.79 bits per heavy atom. The number of benzene rings is 1. The Hall–Kier alpha value is -1.87. The van der Waals surface area contributed by atoms with E-state index in [0.717, 1.165) is 41.5 Å². The molecule has 0 saturated carbocycles. The van der Waals surface area contributed by atoms with Crippen molar-refractivity contribution in [1.82, 2.24) is 9.47 Å². The fourth-order valence-corrected chi connectivity index (χ4v) is 3.44. The van der Waals surface area contributed by atoms with E-state index in [1.165, 1.54) is 11.1 Å². The van der Waals surface area contributed by atoms with Gasteiger partial charge in [0.25, 0.3) is 0 Å². The number of fused-ring (bicyclic) bond motifs is 1. The molecule has 3 nitrogen and oxygen atoms in total. The van der Waals surface area contributed by atoms with Crippen molar-refractivity contribution in [2.75, 3.05) is 20.1 Å². The molecule has 2 aliphatic rings. The Bertz CT molecular complexity index is 751. The van der Waals surface area contributed by atoms with Crippen LogP contribution in [0, 0.1) is 0 Å². The number of ketones is 1. The minimum absolute atomic E-state index is 0.228. The lowest BCUT2D eigenvalue weighted by atomic mass is 9.82. The van der Waals surface area contributed by atoms with Gasteiger partial charge in [0, 0.05) is 48.4 Å². The number of aryl methyl sites for hydroxylation is 1. The number of carbonyl (C=O) groups is 1. The molecule has 2 heterocycles. The van der Waals surface area contributed by atoms with Crippen molar-refractivity contribution in [2.24, 2.45) is 7.05 Å². The van der Waals surface area contributed by atoms with Crippen molar-refractivity contribution < 1.29 is 4.79 Å². The topological polar surface area (TPSA) is 25.2 Å². The molecule has 0 radical (unpaired) electrons. The first-order valence-corrected chi connectivity index (χ1v) is 6.70. The molecule has 1 aliphatic carbocycles. The van der Waals surface area contributed by atoms with E-state index in [9.17, 15) is 4.79 Å². The number of carbonyl (C=O) groups excluding carboxylic acids is 1. The summed E-state index contributed by atoms with van der Waals surface area (Å²) < 4.78 is 2.06. The average Bonchev–Trinajstić information content (AvgIpc) is 2.75. The Labute approximate surface area is 112 Å². The largest absolute Gasteiger partial charge is 0.350 e. The standard InChI is InChI=1S/C16H16N2O/c1-17-7-6-10-11-4-3-5-14-15(11)13(9-18(14)2)16(19)12(10)8-17/h3-5,9H,6-8H2,1-2H3. The summed E-state index contributed by atoms with van der Waals surface area (Å²) >= 11 is 0. The highest BCUT2D eigenvalue weighted by molar-refractivity contribution is 6.25. The maximum Gasteiger partial charge on any atom is 0.192 e. The Kier molecular flexibility index (Phi) is 2.07. The number of aromatic nitrogens is 1. The second kappa shape index (κ2) is 3.58. The van der Waals surface area contributed by atoms with Crippen LogP contribution >= 0.6 is 0 Å². The molecular formula is C16H16N2O. The Morgan fingerprint density at radius 2 is 1.95 bits per heavy atom. The van der Waals surface area contributed by atoms with Gasteiger partial charge in [-0.3, -0.25) is 4.79 Å². The molecule has 0 unspecified atom stereocenters. The summed E-state index contributed by atoms with van der Waals surface area (Å²) in [5.74, 6) is 0.228. The van der Waals surface area contributed by atoms with Gasteiger partial charge >= 0.3 is 0 Å². The molecule has 19 heavy (non-hydrogen) atoms. The summed E-state index contributed by atoms with van der Waals surface area (Å²) in [5, 5.41) is 1.15. The molecule has 0 amide bonds. The van der Waals surface area contributed by atoms with Crippen LogP contribution in [0.25, 0.3) is 16.5 Å². The summed E-state index contributed by atoms with van der Waals surface area (Å²) in [6, 6.07) is 6.36. The van der Waals surface area contributed by atoms with E-state index in [1.54, 1.807) is 0 Å². The van der Waals surface area contributed by atoms with E-state index in [2.05, 4.69) is 34.7 Å². The average molecular weight is 252 g/mol. The molecule has 0 saturated heterocycles. The summed E-state index contributed by atoms with van der Waals surface area (Å²) in [6.45, 7) is 1.81. The van der Waals surface area contributed by atoms with Crippen LogP contribution in [0.2, 0.25) is 0 Å². The number of Topliss-reactive ketones (excluding diaryl/α,β-unsaturated/α-hetero) is 1. The molecule has 0 N–H and O–H groups in total. The lowest BCUT2D eigenvalue weighted by Gasteiger charge is -2.30. The molecule has 4 rings (SSSR count). The quantitative estimate of drug-likeness (QED) is 0.719. The van der Waals surface area contributed by atoms with Crippen LogP contribution in [-0.4, -0.2) is 35.4 Å². The van der Waals surface area contributed by atoms with E-state index in [0.29, 0.717) is 0 Å². The van der Waals surface area contributed by atoms with Crippen molar-refractivity contribution in [1.29, 1.82) is 0 Å². The van der Waals surface area contributed by atoms with E-state index in [4.69, 9.17) is 0 Å². The molecule has 0 atom stereocenters. The van der Waals surface area contributed by atoms with Crippen molar-refractivity contribution in [3.8, 4) is 0 Å². The molecule has 1 aliphatic heterocycles. The fraction of sp³-hybridized carbons (Fsp3) is 0.312. The van der Waals surface area contributed by atoms with Crippen LogP contribution in [-0.2, 0) is 7.05 Å².